The molecule has 0 aliphatic carbocycles. The average molecular weight is 250 g/mol. The van der Waals surface area contributed by atoms with Crippen LogP contribution in [0.2, 0.25) is 0 Å². The summed E-state index contributed by atoms with van der Waals surface area (Å²) in [6.07, 6.45) is 1.75. The van der Waals surface area contributed by atoms with Crippen LogP contribution in [0.25, 0.3) is 0 Å². The van der Waals surface area contributed by atoms with Gasteiger partial charge in [-0.2, -0.15) is 5.10 Å². The van der Waals surface area contributed by atoms with Gasteiger partial charge in [0.1, 0.15) is 11.9 Å². The Morgan fingerprint density at radius 2 is 2.24 bits per heavy atom. The topological polar surface area (TPSA) is 56.7 Å². The summed E-state index contributed by atoms with van der Waals surface area (Å²) >= 11 is 1.72. The molecule has 5 heteroatoms. The standard InChI is InChI=1S/C12H18N4S/c1-3-11-14-12(4-2)16(15-11)9(8-13)10-6-5-7-17-10/h5-7,9H,3-4,8,13H2,1-2H3. The highest BCUT2D eigenvalue weighted by Gasteiger charge is 2.18. The Morgan fingerprint density at radius 1 is 1.41 bits per heavy atom. The van der Waals surface area contributed by atoms with Crippen LogP contribution in [-0.2, 0) is 12.8 Å². The van der Waals surface area contributed by atoms with E-state index in [1.54, 1.807) is 11.3 Å². The van der Waals surface area contributed by atoms with Gasteiger partial charge in [-0.05, 0) is 11.4 Å². The Morgan fingerprint density at radius 3 is 2.76 bits per heavy atom. The molecule has 0 spiro atoms. The first-order valence-electron chi connectivity index (χ1n) is 5.97. The van der Waals surface area contributed by atoms with Crippen molar-refractivity contribution in [2.45, 2.75) is 32.7 Å². The van der Waals surface area contributed by atoms with Gasteiger partial charge < -0.3 is 5.73 Å². The minimum atomic E-state index is 0.123. The Balaban J connectivity index is 2.39. The predicted octanol–water partition coefficient (Wildman–Crippen LogP) is 2.01. The van der Waals surface area contributed by atoms with E-state index in [0.717, 1.165) is 24.5 Å². The van der Waals surface area contributed by atoms with E-state index in [0.29, 0.717) is 6.54 Å². The lowest BCUT2D eigenvalue weighted by Crippen LogP contribution is -2.22. The molecule has 2 heterocycles. The van der Waals surface area contributed by atoms with E-state index < -0.39 is 0 Å². The molecule has 0 aliphatic rings. The third-order valence-corrected chi connectivity index (χ3v) is 3.74. The second-order valence-corrected chi connectivity index (χ2v) is 4.84. The summed E-state index contributed by atoms with van der Waals surface area (Å²) in [6.45, 7) is 4.73. The maximum atomic E-state index is 5.89. The van der Waals surface area contributed by atoms with Crippen LogP contribution in [0, 0.1) is 0 Å². The molecular formula is C12H18N4S. The number of nitrogens with zero attached hydrogens (tertiary/aromatic N) is 3. The Kier molecular flexibility index (Phi) is 3.91. The van der Waals surface area contributed by atoms with Crippen LogP contribution in [0.15, 0.2) is 17.5 Å². The zero-order valence-electron chi connectivity index (χ0n) is 10.3. The summed E-state index contributed by atoms with van der Waals surface area (Å²) in [4.78, 5) is 5.77. The van der Waals surface area contributed by atoms with E-state index in [4.69, 9.17) is 5.73 Å². The van der Waals surface area contributed by atoms with Crippen molar-refractivity contribution in [3.8, 4) is 0 Å². The number of thiophene rings is 1. The van der Waals surface area contributed by atoms with Crippen molar-refractivity contribution < 1.29 is 0 Å². The summed E-state index contributed by atoms with van der Waals surface area (Å²) in [5, 5.41) is 6.63. The van der Waals surface area contributed by atoms with Crippen molar-refractivity contribution in [3.05, 3.63) is 34.0 Å². The summed E-state index contributed by atoms with van der Waals surface area (Å²) in [7, 11) is 0. The van der Waals surface area contributed by atoms with Crippen LogP contribution in [-0.4, -0.2) is 21.3 Å². The van der Waals surface area contributed by atoms with Gasteiger partial charge in [-0.15, -0.1) is 11.3 Å². The third kappa shape index (κ3) is 2.40. The number of hydrogen-bond donors (Lipinski definition) is 1. The van der Waals surface area contributed by atoms with Crippen molar-refractivity contribution in [1.29, 1.82) is 0 Å². The Hall–Kier alpha value is -1.20. The molecule has 2 aromatic rings. The Bertz CT molecular complexity index is 461. The van der Waals surface area contributed by atoms with Crippen molar-refractivity contribution in [2.75, 3.05) is 6.54 Å². The lowest BCUT2D eigenvalue weighted by atomic mass is 10.2. The molecule has 1 unspecified atom stereocenters. The number of aromatic nitrogens is 3. The smallest absolute Gasteiger partial charge is 0.150 e. The fourth-order valence-electron chi connectivity index (χ4n) is 1.86. The van der Waals surface area contributed by atoms with E-state index in [9.17, 15) is 0 Å². The van der Waals surface area contributed by atoms with Gasteiger partial charge in [0.15, 0.2) is 5.82 Å². The molecule has 0 aromatic carbocycles. The molecular weight excluding hydrogens is 232 g/mol. The van der Waals surface area contributed by atoms with Gasteiger partial charge in [0, 0.05) is 24.3 Å². The first kappa shape index (κ1) is 12.3. The van der Waals surface area contributed by atoms with Gasteiger partial charge >= 0.3 is 0 Å². The summed E-state index contributed by atoms with van der Waals surface area (Å²) in [5.74, 6) is 1.92. The molecule has 17 heavy (non-hydrogen) atoms. The van der Waals surface area contributed by atoms with E-state index in [1.165, 1.54) is 4.88 Å². The molecule has 0 saturated heterocycles. The highest BCUT2D eigenvalue weighted by Crippen LogP contribution is 2.23. The normalized spacial score (nSPS) is 12.9. The van der Waals surface area contributed by atoms with Gasteiger partial charge in [-0.25, -0.2) is 9.67 Å². The van der Waals surface area contributed by atoms with Gasteiger partial charge in [0.2, 0.25) is 0 Å². The minimum absolute atomic E-state index is 0.123. The van der Waals surface area contributed by atoms with Gasteiger partial charge in [-0.3, -0.25) is 0 Å². The number of rotatable bonds is 5. The number of hydrogen-bond acceptors (Lipinski definition) is 4. The predicted molar refractivity (Wildman–Crippen MR) is 70.3 cm³/mol. The molecule has 0 saturated carbocycles. The molecule has 0 amide bonds. The molecule has 1 atom stereocenters. The van der Waals surface area contributed by atoms with E-state index in [-0.39, 0.29) is 6.04 Å². The summed E-state index contributed by atoms with van der Waals surface area (Å²) in [6, 6.07) is 4.28. The van der Waals surface area contributed by atoms with Crippen molar-refractivity contribution >= 4 is 11.3 Å². The summed E-state index contributed by atoms with van der Waals surface area (Å²) in [5.41, 5.74) is 5.89. The molecule has 4 nitrogen and oxygen atoms in total. The molecule has 2 aromatic heterocycles. The quantitative estimate of drug-likeness (QED) is 0.883. The van der Waals surface area contributed by atoms with Crippen LogP contribution in [0.5, 0.6) is 0 Å². The first-order valence-corrected chi connectivity index (χ1v) is 6.85. The maximum Gasteiger partial charge on any atom is 0.150 e. The average Bonchev–Trinajstić information content (AvgIpc) is 2.99. The van der Waals surface area contributed by atoms with Crippen molar-refractivity contribution in [3.63, 3.8) is 0 Å². The summed E-state index contributed by atoms with van der Waals surface area (Å²) < 4.78 is 1.99. The molecule has 0 radical (unpaired) electrons. The molecule has 2 rings (SSSR count). The largest absolute Gasteiger partial charge is 0.328 e. The van der Waals surface area contributed by atoms with E-state index in [1.807, 2.05) is 10.7 Å². The van der Waals surface area contributed by atoms with Crippen LogP contribution in [0.3, 0.4) is 0 Å². The molecule has 92 valence electrons. The zero-order chi connectivity index (χ0) is 12.3. The third-order valence-electron chi connectivity index (χ3n) is 2.77. The molecule has 0 bridgehead atoms. The van der Waals surface area contributed by atoms with E-state index in [2.05, 4.69) is 35.4 Å². The molecule has 2 N–H and O–H groups in total. The highest BCUT2D eigenvalue weighted by atomic mass is 32.1. The van der Waals surface area contributed by atoms with Gasteiger partial charge in [0.25, 0.3) is 0 Å². The van der Waals surface area contributed by atoms with Crippen molar-refractivity contribution in [2.24, 2.45) is 5.73 Å². The number of nitrogens with two attached hydrogens (primary N) is 1. The minimum Gasteiger partial charge on any atom is -0.328 e. The maximum absolute atomic E-state index is 5.89. The fourth-order valence-corrected chi connectivity index (χ4v) is 2.69. The SMILES string of the molecule is CCc1nc(CC)n(C(CN)c2cccs2)n1. The fraction of sp³-hybridized carbons (Fsp3) is 0.500. The first-order chi connectivity index (χ1) is 8.30. The Labute approximate surface area is 105 Å². The van der Waals surface area contributed by atoms with Crippen molar-refractivity contribution in [1.82, 2.24) is 14.8 Å². The highest BCUT2D eigenvalue weighted by molar-refractivity contribution is 7.10. The number of aryl methyl sites for hydroxylation is 2. The monoisotopic (exact) mass is 250 g/mol. The molecule has 0 aliphatic heterocycles. The second-order valence-electron chi connectivity index (χ2n) is 3.86. The van der Waals surface area contributed by atoms with Gasteiger partial charge in [0.05, 0.1) is 0 Å². The van der Waals surface area contributed by atoms with Crippen LogP contribution >= 0.6 is 11.3 Å². The lowest BCUT2D eigenvalue weighted by molar-refractivity contribution is 0.512. The molecule has 0 fully saturated rings. The van der Waals surface area contributed by atoms with Crippen LogP contribution < -0.4 is 5.73 Å². The van der Waals surface area contributed by atoms with E-state index >= 15 is 0 Å². The zero-order valence-corrected chi connectivity index (χ0v) is 11.1. The lowest BCUT2D eigenvalue weighted by Gasteiger charge is -2.15. The van der Waals surface area contributed by atoms with Crippen LogP contribution in [0.4, 0.5) is 0 Å². The second kappa shape index (κ2) is 5.42. The van der Waals surface area contributed by atoms with Gasteiger partial charge in [-0.1, -0.05) is 19.9 Å². The van der Waals surface area contributed by atoms with Crippen LogP contribution in [0.1, 0.15) is 36.4 Å².